The molecule has 0 heterocycles. The van der Waals surface area contributed by atoms with Gasteiger partial charge < -0.3 is 9.47 Å². The van der Waals surface area contributed by atoms with Crippen molar-refractivity contribution >= 4 is 17.5 Å². The van der Waals surface area contributed by atoms with Crippen LogP contribution in [-0.2, 0) is 9.53 Å². The summed E-state index contributed by atoms with van der Waals surface area (Å²) in [4.78, 5) is 36.2. The Kier molecular flexibility index (Phi) is 7.46. The smallest absolute Gasteiger partial charge is 0.344 e. The van der Waals surface area contributed by atoms with E-state index >= 15 is 0 Å². The number of carbonyl (C=O) groups excluding carboxylic acids is 3. The van der Waals surface area contributed by atoms with Crippen LogP contribution in [0, 0.1) is 17.2 Å². The van der Waals surface area contributed by atoms with E-state index in [9.17, 15) is 14.4 Å². The highest BCUT2D eigenvalue weighted by atomic mass is 16.6. The Morgan fingerprint density at radius 2 is 1.61 bits per heavy atom. The quantitative estimate of drug-likeness (QED) is 0.488. The first-order valence-corrected chi connectivity index (χ1v) is 8.90. The Balaban J connectivity index is 1.93. The van der Waals surface area contributed by atoms with Gasteiger partial charge in [-0.05, 0) is 43.3 Å². The van der Waals surface area contributed by atoms with Gasteiger partial charge in [-0.2, -0.15) is 5.26 Å². The molecule has 2 aromatic rings. The molecule has 0 amide bonds. The lowest BCUT2D eigenvalue weighted by molar-refractivity contribution is -0.145. The number of carbonyl (C=O) groups is 3. The maximum absolute atomic E-state index is 12.6. The Morgan fingerprint density at radius 3 is 2.18 bits per heavy atom. The molecule has 1 atom stereocenters. The number of hydrogen-bond donors (Lipinski definition) is 0. The van der Waals surface area contributed by atoms with Crippen molar-refractivity contribution in [2.24, 2.45) is 5.92 Å². The molecule has 0 aromatic heterocycles. The fraction of sp³-hybridized carbons (Fsp3) is 0.273. The zero-order valence-corrected chi connectivity index (χ0v) is 15.8. The summed E-state index contributed by atoms with van der Waals surface area (Å²) >= 11 is 0. The number of benzene rings is 2. The van der Waals surface area contributed by atoms with E-state index in [1.165, 1.54) is 0 Å². The van der Waals surface area contributed by atoms with Gasteiger partial charge in [0, 0.05) is 23.5 Å². The average molecular weight is 379 g/mol. The summed E-state index contributed by atoms with van der Waals surface area (Å²) in [5.74, 6) is -0.809. The van der Waals surface area contributed by atoms with Crippen molar-refractivity contribution in [3.8, 4) is 11.8 Å². The van der Waals surface area contributed by atoms with Crippen LogP contribution < -0.4 is 4.74 Å². The van der Waals surface area contributed by atoms with Crippen LogP contribution in [0.3, 0.4) is 0 Å². The number of nitrogens with zero attached hydrogens (tertiary/aromatic N) is 1. The van der Waals surface area contributed by atoms with Gasteiger partial charge in [0.25, 0.3) is 0 Å². The molecule has 0 radical (unpaired) electrons. The number of Topliss-reactive ketones (excluding diaryl/α,β-unsaturated/α-hetero) is 2. The molecule has 1 unspecified atom stereocenters. The van der Waals surface area contributed by atoms with Gasteiger partial charge >= 0.3 is 5.97 Å². The summed E-state index contributed by atoms with van der Waals surface area (Å²) in [6.45, 7) is 3.51. The Labute approximate surface area is 163 Å². The maximum atomic E-state index is 12.6. The fourth-order valence-electron chi connectivity index (χ4n) is 2.56. The molecule has 0 bridgehead atoms. The second-order valence-electron chi connectivity index (χ2n) is 6.20. The van der Waals surface area contributed by atoms with Crippen LogP contribution in [0.4, 0.5) is 0 Å². The summed E-state index contributed by atoms with van der Waals surface area (Å²) < 4.78 is 10.1. The van der Waals surface area contributed by atoms with Crippen LogP contribution in [0.1, 0.15) is 46.5 Å². The summed E-state index contributed by atoms with van der Waals surface area (Å²) in [7, 11) is 0. The second-order valence-corrected chi connectivity index (χ2v) is 6.20. The van der Waals surface area contributed by atoms with Gasteiger partial charge in [0.05, 0.1) is 18.2 Å². The molecule has 0 saturated carbocycles. The minimum Gasteiger partial charge on any atom is -0.482 e. The fourth-order valence-corrected chi connectivity index (χ4v) is 2.56. The molecule has 0 aliphatic rings. The lowest BCUT2D eigenvalue weighted by Crippen LogP contribution is -2.16. The Hall–Kier alpha value is -3.46. The molecule has 0 N–H and O–H groups in total. The van der Waals surface area contributed by atoms with E-state index in [1.54, 1.807) is 62.4 Å². The molecule has 0 aliphatic carbocycles. The van der Waals surface area contributed by atoms with E-state index in [0.29, 0.717) is 22.4 Å². The first-order valence-electron chi connectivity index (χ1n) is 8.90. The van der Waals surface area contributed by atoms with Crippen molar-refractivity contribution in [1.82, 2.24) is 0 Å². The monoisotopic (exact) mass is 379 g/mol. The zero-order valence-electron chi connectivity index (χ0n) is 15.8. The van der Waals surface area contributed by atoms with Crippen LogP contribution in [0.25, 0.3) is 0 Å². The molecule has 0 fully saturated rings. The summed E-state index contributed by atoms with van der Waals surface area (Å²) in [5, 5.41) is 8.80. The third-order valence-corrected chi connectivity index (χ3v) is 4.08. The highest BCUT2D eigenvalue weighted by Crippen LogP contribution is 2.19. The number of hydrogen-bond acceptors (Lipinski definition) is 6. The standard InChI is InChI=1S/C22H21NO5/c1-3-27-21(25)14-28-19-10-8-18(9-11-19)22(26)15(2)12-20(24)17-6-4-16(13-23)5-7-17/h4-11,15H,3,12,14H2,1-2H3. The van der Waals surface area contributed by atoms with Gasteiger partial charge in [-0.25, -0.2) is 4.79 Å². The Morgan fingerprint density at radius 1 is 1.00 bits per heavy atom. The first kappa shape index (κ1) is 20.8. The molecular weight excluding hydrogens is 358 g/mol. The number of ether oxygens (including phenoxy) is 2. The predicted molar refractivity (Wildman–Crippen MR) is 102 cm³/mol. The summed E-state index contributed by atoms with van der Waals surface area (Å²) in [6.07, 6.45) is 0.0752. The largest absolute Gasteiger partial charge is 0.482 e. The third kappa shape index (κ3) is 5.78. The average Bonchev–Trinajstić information content (AvgIpc) is 2.72. The van der Waals surface area contributed by atoms with Crippen molar-refractivity contribution in [3.63, 3.8) is 0 Å². The van der Waals surface area contributed by atoms with Crippen molar-refractivity contribution in [3.05, 3.63) is 65.2 Å². The molecule has 0 spiro atoms. The van der Waals surface area contributed by atoms with Gasteiger partial charge in [0.2, 0.25) is 0 Å². The van der Waals surface area contributed by atoms with Crippen LogP contribution in [-0.4, -0.2) is 30.7 Å². The second kappa shape index (κ2) is 10.0. The summed E-state index contributed by atoms with van der Waals surface area (Å²) in [6, 6.07) is 14.7. The van der Waals surface area contributed by atoms with Crippen molar-refractivity contribution in [2.75, 3.05) is 13.2 Å². The van der Waals surface area contributed by atoms with E-state index in [-0.39, 0.29) is 31.2 Å². The van der Waals surface area contributed by atoms with E-state index < -0.39 is 11.9 Å². The van der Waals surface area contributed by atoms with Crippen LogP contribution in [0.15, 0.2) is 48.5 Å². The molecule has 0 saturated heterocycles. The van der Waals surface area contributed by atoms with Crippen molar-refractivity contribution < 1.29 is 23.9 Å². The van der Waals surface area contributed by atoms with Crippen LogP contribution in [0.5, 0.6) is 5.75 Å². The molecule has 144 valence electrons. The molecule has 6 heteroatoms. The summed E-state index contributed by atoms with van der Waals surface area (Å²) in [5.41, 5.74) is 1.41. The normalized spacial score (nSPS) is 11.2. The van der Waals surface area contributed by atoms with Crippen molar-refractivity contribution in [2.45, 2.75) is 20.3 Å². The van der Waals surface area contributed by atoms with Crippen LogP contribution in [0.2, 0.25) is 0 Å². The van der Waals surface area contributed by atoms with Crippen LogP contribution >= 0.6 is 0 Å². The molecule has 6 nitrogen and oxygen atoms in total. The minimum atomic E-state index is -0.491. The van der Waals surface area contributed by atoms with Crippen molar-refractivity contribution in [1.29, 1.82) is 5.26 Å². The van der Waals surface area contributed by atoms with Gasteiger partial charge in [-0.1, -0.05) is 19.1 Å². The molecule has 0 aliphatic heterocycles. The molecule has 2 rings (SSSR count). The van der Waals surface area contributed by atoms with E-state index in [2.05, 4.69) is 0 Å². The lowest BCUT2D eigenvalue weighted by Gasteiger charge is -2.11. The lowest BCUT2D eigenvalue weighted by atomic mass is 9.92. The topological polar surface area (TPSA) is 93.5 Å². The third-order valence-electron chi connectivity index (χ3n) is 4.08. The van der Waals surface area contributed by atoms with Gasteiger partial charge in [0.1, 0.15) is 5.75 Å². The highest BCUT2D eigenvalue weighted by molar-refractivity contribution is 6.03. The van der Waals surface area contributed by atoms with E-state index in [4.69, 9.17) is 14.7 Å². The maximum Gasteiger partial charge on any atom is 0.344 e. The van der Waals surface area contributed by atoms with Gasteiger partial charge in [-0.15, -0.1) is 0 Å². The van der Waals surface area contributed by atoms with E-state index in [0.717, 1.165) is 0 Å². The van der Waals surface area contributed by atoms with Gasteiger partial charge in [-0.3, -0.25) is 9.59 Å². The number of rotatable bonds is 9. The minimum absolute atomic E-state index is 0.0752. The zero-order chi connectivity index (χ0) is 20.5. The number of nitriles is 1. The first-order chi connectivity index (χ1) is 13.4. The SMILES string of the molecule is CCOC(=O)COc1ccc(C(=O)C(C)CC(=O)c2ccc(C#N)cc2)cc1. The number of ketones is 2. The van der Waals surface area contributed by atoms with Gasteiger partial charge in [0.15, 0.2) is 18.2 Å². The van der Waals surface area contributed by atoms with E-state index in [1.807, 2.05) is 6.07 Å². The molecule has 2 aromatic carbocycles. The molecule has 28 heavy (non-hydrogen) atoms. The molecular formula is C22H21NO5. The highest BCUT2D eigenvalue weighted by Gasteiger charge is 2.19. The number of esters is 1. The predicted octanol–water partition coefficient (Wildman–Crippen LogP) is 3.59. The Bertz CT molecular complexity index is 879.